The third kappa shape index (κ3) is 24.0. The van der Waals surface area contributed by atoms with Crippen molar-refractivity contribution in [2.24, 2.45) is 0 Å². The molecule has 33 heavy (non-hydrogen) atoms. The van der Waals surface area contributed by atoms with Gasteiger partial charge in [0.25, 0.3) is 0 Å². The predicted octanol–water partition coefficient (Wildman–Crippen LogP) is 5.60. The molecule has 0 aliphatic rings. The Kier molecular flexibility index (Phi) is 18.6. The summed E-state index contributed by atoms with van der Waals surface area (Å²) in [5, 5.41) is 9.85. The highest BCUT2D eigenvalue weighted by Gasteiger charge is 2.20. The molecule has 0 radical (unpaired) electrons. The number of likely N-dealkylation sites (N-methyl/N-ethyl adjacent to an activating group) is 1. The van der Waals surface area contributed by atoms with Gasteiger partial charge in [-0.1, -0.05) is 79.8 Å². The third-order valence-corrected chi connectivity index (χ3v) is 4.27. The first-order chi connectivity index (χ1) is 15.7. The number of aliphatic hydroxyl groups excluding tert-OH is 1. The number of aliphatic hydroxyl groups is 1. The van der Waals surface area contributed by atoms with E-state index in [1.165, 1.54) is 0 Å². The minimum atomic E-state index is -0.823. The lowest BCUT2D eigenvalue weighted by molar-refractivity contribution is -0.873. The molecule has 0 spiro atoms. The molecule has 0 saturated carbocycles. The summed E-state index contributed by atoms with van der Waals surface area (Å²) in [5.74, 6) is -1.29. The molecule has 0 heterocycles. The summed E-state index contributed by atoms with van der Waals surface area (Å²) >= 11 is 0. The van der Waals surface area contributed by atoms with E-state index in [9.17, 15) is 14.7 Å². The van der Waals surface area contributed by atoms with Crippen LogP contribution in [0.25, 0.3) is 0 Å². The molecule has 0 amide bonds. The molecule has 184 valence electrons. The Morgan fingerprint density at radius 3 is 1.48 bits per heavy atom. The number of rotatable bonds is 17. The van der Waals surface area contributed by atoms with Crippen LogP contribution in [-0.4, -0.2) is 55.3 Å². The van der Waals surface area contributed by atoms with E-state index in [-0.39, 0.29) is 12.8 Å². The first-order valence-corrected chi connectivity index (χ1v) is 11.9. The maximum absolute atomic E-state index is 11.7. The van der Waals surface area contributed by atoms with E-state index in [0.29, 0.717) is 11.0 Å². The van der Waals surface area contributed by atoms with E-state index in [1.807, 2.05) is 33.3 Å². The van der Waals surface area contributed by atoms with Gasteiger partial charge in [-0.25, -0.2) is 0 Å². The van der Waals surface area contributed by atoms with Gasteiger partial charge in [-0.15, -0.1) is 0 Å². The normalized spacial score (nSPS) is 14.1. The smallest absolute Gasteiger partial charge is 0.317 e. The number of allylic oxidation sites excluding steroid dienone is 11. The Labute approximate surface area is 201 Å². The molecule has 5 nitrogen and oxygen atoms in total. The second-order valence-electron chi connectivity index (χ2n) is 8.80. The fourth-order valence-corrected chi connectivity index (χ4v) is 2.80. The molecule has 0 aliphatic heterocycles. The fraction of sp³-hybridized carbons (Fsp3) is 0.500. The number of carbonyl (C=O) groups is 2. The van der Waals surface area contributed by atoms with Crippen LogP contribution in [0.15, 0.2) is 72.9 Å². The molecule has 0 rings (SSSR count). The van der Waals surface area contributed by atoms with Crippen molar-refractivity contribution in [2.45, 2.75) is 64.4 Å². The summed E-state index contributed by atoms with van der Waals surface area (Å²) in [4.78, 5) is 23.4. The molecule has 0 bridgehead atoms. The maximum atomic E-state index is 11.7. The Hall–Kier alpha value is -2.50. The molecule has 1 N–H and O–H groups in total. The van der Waals surface area contributed by atoms with Crippen LogP contribution in [0.5, 0.6) is 0 Å². The Balaban J connectivity index is 3.81. The van der Waals surface area contributed by atoms with Crippen LogP contribution < -0.4 is 0 Å². The number of esters is 2. The van der Waals surface area contributed by atoms with Crippen molar-refractivity contribution in [1.29, 1.82) is 0 Å². The lowest BCUT2D eigenvalue weighted by Crippen LogP contribution is -2.42. The zero-order valence-corrected chi connectivity index (χ0v) is 21.0. The van der Waals surface area contributed by atoms with Gasteiger partial charge >= 0.3 is 11.9 Å². The molecule has 5 heteroatoms. The second kappa shape index (κ2) is 20.1. The topological polar surface area (TPSA) is 63.6 Å². The molecular formula is C28H44NO4+. The first-order valence-electron chi connectivity index (χ1n) is 11.9. The van der Waals surface area contributed by atoms with Crippen LogP contribution in [0.3, 0.4) is 0 Å². The van der Waals surface area contributed by atoms with E-state index in [4.69, 9.17) is 4.74 Å². The highest BCUT2D eigenvalue weighted by atomic mass is 16.6. The summed E-state index contributed by atoms with van der Waals surface area (Å²) in [5.41, 5.74) is 0. The Bertz CT molecular complexity index is 706. The van der Waals surface area contributed by atoms with Gasteiger partial charge < -0.3 is 14.3 Å². The molecule has 0 saturated heterocycles. The zero-order chi connectivity index (χ0) is 24.8. The maximum Gasteiger partial charge on any atom is 0.317 e. The molecule has 1 atom stereocenters. The van der Waals surface area contributed by atoms with Gasteiger partial charge in [-0.05, 0) is 38.5 Å². The largest absolute Gasteiger partial charge is 0.393 e. The molecule has 0 fully saturated rings. The average molecular weight is 459 g/mol. The standard InChI is InChI=1S/C28H44NO4/c1-5-6-7-8-9-10-11-12-13-14-15-16-17-18-19-20-21-22-23-27(31)33-28(32)24-26(30)25-29(2,3)4/h6-7,9-10,12-13,15-16,18-19,21-22,26,30H,5,8,11,14,17,20,23-25H2,1-4H3/q+1/b7-6-,10-9-,13-12-,16-15-,19-18-,22-21-. The van der Waals surface area contributed by atoms with Crippen LogP contribution in [0.4, 0.5) is 0 Å². The van der Waals surface area contributed by atoms with Gasteiger partial charge in [0.2, 0.25) is 0 Å². The average Bonchev–Trinajstić information content (AvgIpc) is 2.71. The van der Waals surface area contributed by atoms with Crippen molar-refractivity contribution in [2.75, 3.05) is 27.7 Å². The van der Waals surface area contributed by atoms with Crippen LogP contribution in [0, 0.1) is 0 Å². The van der Waals surface area contributed by atoms with Crippen LogP contribution in [0.1, 0.15) is 58.3 Å². The van der Waals surface area contributed by atoms with Gasteiger partial charge in [-0.3, -0.25) is 9.59 Å². The van der Waals surface area contributed by atoms with Crippen molar-refractivity contribution in [3.05, 3.63) is 72.9 Å². The number of hydrogen-bond donors (Lipinski definition) is 1. The molecule has 0 aromatic rings. The Morgan fingerprint density at radius 1 is 0.697 bits per heavy atom. The van der Waals surface area contributed by atoms with E-state index in [1.54, 1.807) is 6.08 Å². The van der Waals surface area contributed by atoms with E-state index in [2.05, 4.69) is 61.6 Å². The molecule has 0 aromatic heterocycles. The number of quaternary nitrogens is 1. The predicted molar refractivity (Wildman–Crippen MR) is 137 cm³/mol. The number of carbonyl (C=O) groups excluding carboxylic acids is 2. The SMILES string of the molecule is CC/C=C\C/C=C\C/C=C\C/C=C\C/C=C\C/C=C\CC(=O)OC(=O)CC(O)C[N+](C)(C)C. The van der Waals surface area contributed by atoms with Crippen molar-refractivity contribution in [1.82, 2.24) is 0 Å². The van der Waals surface area contributed by atoms with Gasteiger partial charge in [0.15, 0.2) is 0 Å². The quantitative estimate of drug-likeness (QED) is 0.133. The molecular weight excluding hydrogens is 414 g/mol. The lowest BCUT2D eigenvalue weighted by atomic mass is 10.2. The summed E-state index contributed by atoms with van der Waals surface area (Å²) in [7, 11) is 5.76. The number of nitrogens with zero attached hydrogens (tertiary/aromatic N) is 1. The van der Waals surface area contributed by atoms with E-state index in [0.717, 1.165) is 38.5 Å². The molecule has 0 aromatic carbocycles. The van der Waals surface area contributed by atoms with Crippen molar-refractivity contribution < 1.29 is 23.9 Å². The monoisotopic (exact) mass is 458 g/mol. The van der Waals surface area contributed by atoms with Crippen molar-refractivity contribution >= 4 is 11.9 Å². The summed E-state index contributed by atoms with van der Waals surface area (Å²) in [6, 6.07) is 0. The van der Waals surface area contributed by atoms with E-state index >= 15 is 0 Å². The van der Waals surface area contributed by atoms with Crippen molar-refractivity contribution in [3.8, 4) is 0 Å². The second-order valence-corrected chi connectivity index (χ2v) is 8.80. The van der Waals surface area contributed by atoms with Crippen molar-refractivity contribution in [3.63, 3.8) is 0 Å². The minimum absolute atomic E-state index is 0.0435. The third-order valence-electron chi connectivity index (χ3n) is 4.27. The van der Waals surface area contributed by atoms with Gasteiger partial charge in [0.1, 0.15) is 12.6 Å². The van der Waals surface area contributed by atoms with Crippen LogP contribution in [-0.2, 0) is 14.3 Å². The first kappa shape index (κ1) is 30.5. The number of ether oxygens (including phenoxy) is 1. The fourth-order valence-electron chi connectivity index (χ4n) is 2.80. The summed E-state index contributed by atoms with van der Waals surface area (Å²) in [6.45, 7) is 2.55. The number of hydrogen-bond acceptors (Lipinski definition) is 4. The molecule has 1 unspecified atom stereocenters. The van der Waals surface area contributed by atoms with Gasteiger partial charge in [-0.2, -0.15) is 0 Å². The Morgan fingerprint density at radius 2 is 1.09 bits per heavy atom. The lowest BCUT2D eigenvalue weighted by Gasteiger charge is -2.26. The zero-order valence-electron chi connectivity index (χ0n) is 21.0. The summed E-state index contributed by atoms with van der Waals surface area (Å²) < 4.78 is 5.26. The molecule has 0 aliphatic carbocycles. The van der Waals surface area contributed by atoms with Gasteiger partial charge in [0.05, 0.1) is 34.0 Å². The highest BCUT2D eigenvalue weighted by Crippen LogP contribution is 2.03. The van der Waals surface area contributed by atoms with Gasteiger partial charge in [0, 0.05) is 0 Å². The van der Waals surface area contributed by atoms with E-state index < -0.39 is 18.0 Å². The highest BCUT2D eigenvalue weighted by molar-refractivity contribution is 5.86. The van der Waals surface area contributed by atoms with Crippen LogP contribution in [0.2, 0.25) is 0 Å². The minimum Gasteiger partial charge on any atom is -0.393 e. The summed E-state index contributed by atoms with van der Waals surface area (Å²) in [6.07, 6.45) is 29.7. The van der Waals surface area contributed by atoms with Crippen LogP contribution >= 0.6 is 0 Å².